The Bertz CT molecular complexity index is 394. The van der Waals surface area contributed by atoms with Crippen molar-refractivity contribution in [2.75, 3.05) is 7.05 Å². The number of hydrogen-bond donors (Lipinski definition) is 1. The van der Waals surface area contributed by atoms with E-state index < -0.39 is 0 Å². The van der Waals surface area contributed by atoms with Crippen LogP contribution < -0.4 is 5.32 Å². The van der Waals surface area contributed by atoms with Crippen LogP contribution in [0.5, 0.6) is 0 Å². The summed E-state index contributed by atoms with van der Waals surface area (Å²) in [6.07, 6.45) is 1.92. The minimum atomic E-state index is 0.743. The van der Waals surface area contributed by atoms with Crippen molar-refractivity contribution in [2.24, 2.45) is 0 Å². The molecule has 0 bridgehead atoms. The summed E-state index contributed by atoms with van der Waals surface area (Å²) >= 11 is 0. The summed E-state index contributed by atoms with van der Waals surface area (Å²) in [4.78, 5) is 0. The maximum absolute atomic E-state index is 4.03. The topological polar surface area (TPSA) is 42.7 Å². The molecule has 0 saturated heterocycles. The van der Waals surface area contributed by atoms with E-state index in [9.17, 15) is 0 Å². The normalized spacial score (nSPS) is 10.4. The largest absolute Gasteiger partial charge is 0.314 e. The zero-order valence-electron chi connectivity index (χ0n) is 8.01. The molecule has 72 valence electrons. The smallest absolute Gasteiger partial charge is 0.0969 e. The molecule has 0 aliphatic heterocycles. The maximum atomic E-state index is 4.03. The minimum absolute atomic E-state index is 0.743. The van der Waals surface area contributed by atoms with Gasteiger partial charge in [0.1, 0.15) is 0 Å². The number of para-hydroxylation sites is 1. The summed E-state index contributed by atoms with van der Waals surface area (Å²) in [5.74, 6) is 0. The van der Waals surface area contributed by atoms with E-state index in [-0.39, 0.29) is 0 Å². The number of nitrogens with one attached hydrogen (secondary N) is 1. The first-order valence-electron chi connectivity index (χ1n) is 4.51. The Kier molecular flexibility index (Phi) is 2.55. The summed E-state index contributed by atoms with van der Waals surface area (Å²) in [6, 6.07) is 9.94. The second-order valence-corrected chi connectivity index (χ2v) is 3.02. The molecule has 4 heteroatoms. The fourth-order valence-corrected chi connectivity index (χ4v) is 1.27. The molecule has 4 nitrogen and oxygen atoms in total. The van der Waals surface area contributed by atoms with Crippen LogP contribution in [-0.2, 0) is 6.54 Å². The molecule has 1 N–H and O–H groups in total. The van der Waals surface area contributed by atoms with Crippen LogP contribution in [0, 0.1) is 0 Å². The van der Waals surface area contributed by atoms with Crippen LogP contribution in [0.4, 0.5) is 0 Å². The third-order valence-electron chi connectivity index (χ3n) is 1.92. The van der Waals surface area contributed by atoms with Gasteiger partial charge in [-0.15, -0.1) is 5.10 Å². The Morgan fingerprint density at radius 3 is 2.79 bits per heavy atom. The van der Waals surface area contributed by atoms with Gasteiger partial charge in [0.15, 0.2) is 0 Å². The minimum Gasteiger partial charge on any atom is -0.314 e. The summed E-state index contributed by atoms with van der Waals surface area (Å²) in [7, 11) is 1.89. The number of aromatic nitrogens is 3. The fourth-order valence-electron chi connectivity index (χ4n) is 1.27. The molecule has 0 spiro atoms. The van der Waals surface area contributed by atoms with Crippen molar-refractivity contribution >= 4 is 0 Å². The highest BCUT2D eigenvalue weighted by Crippen LogP contribution is 2.05. The van der Waals surface area contributed by atoms with E-state index in [4.69, 9.17) is 0 Å². The molecule has 1 aromatic carbocycles. The molecule has 0 aliphatic rings. The van der Waals surface area contributed by atoms with Gasteiger partial charge < -0.3 is 5.32 Å². The van der Waals surface area contributed by atoms with Gasteiger partial charge in [-0.1, -0.05) is 23.4 Å². The average Bonchev–Trinajstić information content (AvgIpc) is 2.68. The van der Waals surface area contributed by atoms with Gasteiger partial charge in [-0.2, -0.15) is 0 Å². The van der Waals surface area contributed by atoms with Crippen molar-refractivity contribution in [3.63, 3.8) is 0 Å². The maximum Gasteiger partial charge on any atom is 0.0969 e. The van der Waals surface area contributed by atoms with E-state index in [1.54, 1.807) is 4.68 Å². The molecule has 0 unspecified atom stereocenters. The molecule has 14 heavy (non-hydrogen) atoms. The first-order valence-corrected chi connectivity index (χ1v) is 4.51. The van der Waals surface area contributed by atoms with E-state index in [0.29, 0.717) is 0 Å². The molecule has 2 rings (SSSR count). The quantitative estimate of drug-likeness (QED) is 0.781. The highest BCUT2D eigenvalue weighted by Gasteiger charge is 2.00. The standard InChI is InChI=1S/C10H12N4/c1-11-7-9-8-14(13-12-9)10-5-3-2-4-6-10/h2-6,8,11H,7H2,1H3. The van der Waals surface area contributed by atoms with Gasteiger partial charge in [-0.3, -0.25) is 0 Å². The third-order valence-corrected chi connectivity index (χ3v) is 1.92. The highest BCUT2D eigenvalue weighted by molar-refractivity contribution is 5.29. The molecule has 0 atom stereocenters. The Morgan fingerprint density at radius 2 is 2.07 bits per heavy atom. The van der Waals surface area contributed by atoms with Crippen LogP contribution in [0.3, 0.4) is 0 Å². The van der Waals surface area contributed by atoms with Gasteiger partial charge >= 0.3 is 0 Å². The lowest BCUT2D eigenvalue weighted by Crippen LogP contribution is -2.04. The van der Waals surface area contributed by atoms with Gasteiger partial charge in [-0.25, -0.2) is 4.68 Å². The van der Waals surface area contributed by atoms with Gasteiger partial charge in [0, 0.05) is 6.54 Å². The highest BCUT2D eigenvalue weighted by atomic mass is 15.4. The SMILES string of the molecule is CNCc1cn(-c2ccccc2)nn1. The van der Waals surface area contributed by atoms with Crippen molar-refractivity contribution < 1.29 is 0 Å². The fraction of sp³-hybridized carbons (Fsp3) is 0.200. The molecule has 1 heterocycles. The van der Waals surface area contributed by atoms with Gasteiger partial charge in [0.25, 0.3) is 0 Å². The molecule has 0 radical (unpaired) electrons. The van der Waals surface area contributed by atoms with Gasteiger partial charge in [-0.05, 0) is 19.2 Å². The summed E-state index contributed by atoms with van der Waals surface area (Å²) in [5.41, 5.74) is 1.97. The van der Waals surface area contributed by atoms with Crippen molar-refractivity contribution in [1.29, 1.82) is 0 Å². The Hall–Kier alpha value is -1.68. The molecular formula is C10H12N4. The second kappa shape index (κ2) is 4.02. The number of hydrogen-bond acceptors (Lipinski definition) is 3. The molecule has 0 aliphatic carbocycles. The van der Waals surface area contributed by atoms with Crippen molar-refractivity contribution in [3.8, 4) is 5.69 Å². The molecule has 0 amide bonds. The lowest BCUT2D eigenvalue weighted by atomic mass is 10.3. The van der Waals surface area contributed by atoms with Crippen LogP contribution >= 0.6 is 0 Å². The van der Waals surface area contributed by atoms with E-state index in [0.717, 1.165) is 17.9 Å². The van der Waals surface area contributed by atoms with Crippen LogP contribution in [0.1, 0.15) is 5.69 Å². The van der Waals surface area contributed by atoms with E-state index >= 15 is 0 Å². The molecule has 2 aromatic rings. The summed E-state index contributed by atoms with van der Waals surface area (Å²) in [5, 5.41) is 11.1. The third kappa shape index (κ3) is 1.80. The van der Waals surface area contributed by atoms with Crippen molar-refractivity contribution in [2.45, 2.75) is 6.54 Å². The Labute approximate surface area is 82.6 Å². The van der Waals surface area contributed by atoms with Crippen LogP contribution in [0.25, 0.3) is 5.69 Å². The summed E-state index contributed by atoms with van der Waals surface area (Å²) < 4.78 is 1.77. The average molecular weight is 188 g/mol. The predicted molar refractivity (Wildman–Crippen MR) is 54.1 cm³/mol. The zero-order valence-corrected chi connectivity index (χ0v) is 8.01. The van der Waals surface area contributed by atoms with E-state index in [1.807, 2.05) is 43.6 Å². The van der Waals surface area contributed by atoms with Crippen LogP contribution in [0.15, 0.2) is 36.5 Å². The van der Waals surface area contributed by atoms with Crippen molar-refractivity contribution in [1.82, 2.24) is 20.3 Å². The summed E-state index contributed by atoms with van der Waals surface area (Å²) in [6.45, 7) is 0.743. The van der Waals surface area contributed by atoms with Gasteiger partial charge in [0.2, 0.25) is 0 Å². The zero-order chi connectivity index (χ0) is 9.80. The molecular weight excluding hydrogens is 176 g/mol. The number of nitrogens with zero attached hydrogens (tertiary/aromatic N) is 3. The second-order valence-electron chi connectivity index (χ2n) is 3.02. The lowest BCUT2D eigenvalue weighted by molar-refractivity contribution is 0.767. The van der Waals surface area contributed by atoms with Gasteiger partial charge in [0.05, 0.1) is 17.6 Å². The Balaban J connectivity index is 2.25. The number of benzene rings is 1. The van der Waals surface area contributed by atoms with E-state index in [2.05, 4.69) is 15.6 Å². The monoisotopic (exact) mass is 188 g/mol. The first kappa shape index (κ1) is 8.90. The molecule has 0 fully saturated rings. The molecule has 0 saturated carbocycles. The predicted octanol–water partition coefficient (Wildman–Crippen LogP) is 0.987. The van der Waals surface area contributed by atoms with E-state index in [1.165, 1.54) is 0 Å². The molecule has 1 aromatic heterocycles. The number of rotatable bonds is 3. The Morgan fingerprint density at radius 1 is 1.29 bits per heavy atom. The first-order chi connectivity index (χ1) is 6.90. The van der Waals surface area contributed by atoms with Crippen molar-refractivity contribution in [3.05, 3.63) is 42.2 Å². The van der Waals surface area contributed by atoms with Crippen LogP contribution in [0.2, 0.25) is 0 Å². The lowest BCUT2D eigenvalue weighted by Gasteiger charge is -1.97. The van der Waals surface area contributed by atoms with Crippen LogP contribution in [-0.4, -0.2) is 22.0 Å².